The van der Waals surface area contributed by atoms with E-state index < -0.39 is 11.7 Å². The second kappa shape index (κ2) is 8.02. The van der Waals surface area contributed by atoms with Gasteiger partial charge in [-0.1, -0.05) is 18.5 Å². The summed E-state index contributed by atoms with van der Waals surface area (Å²) < 4.78 is 10.3. The summed E-state index contributed by atoms with van der Waals surface area (Å²) in [4.78, 5) is 28.0. The average molecular weight is 335 g/mol. The van der Waals surface area contributed by atoms with Crippen LogP contribution in [-0.2, 0) is 14.3 Å². The summed E-state index contributed by atoms with van der Waals surface area (Å²) in [5.41, 5.74) is -0.563. The maximum Gasteiger partial charge on any atom is 0.410 e. The number of carbonyl (C=O) groups is 2. The molecule has 0 bridgehead atoms. The van der Waals surface area contributed by atoms with Gasteiger partial charge in [-0.05, 0) is 40.8 Å². The fourth-order valence-electron chi connectivity index (χ4n) is 2.47. The maximum atomic E-state index is 12.3. The molecule has 1 amide bonds. The molecule has 0 aromatic rings. The molecule has 1 aliphatic heterocycles. The molecule has 1 heterocycles. The summed E-state index contributed by atoms with van der Waals surface area (Å²) >= 11 is 5.47. The predicted molar refractivity (Wildman–Crippen MR) is 84.8 cm³/mol. The van der Waals surface area contributed by atoms with Crippen molar-refractivity contribution in [3.8, 4) is 0 Å². The monoisotopic (exact) mass is 334 g/mol. The van der Waals surface area contributed by atoms with Crippen LogP contribution in [-0.4, -0.2) is 66.3 Å². The molecular weight excluding hydrogens is 308 g/mol. The Morgan fingerprint density at radius 3 is 2.45 bits per heavy atom. The van der Waals surface area contributed by atoms with Crippen LogP contribution in [0.15, 0.2) is 0 Å². The first-order valence-corrected chi connectivity index (χ1v) is 8.12. The number of nitrogens with zero attached hydrogens (tertiary/aromatic N) is 2. The van der Waals surface area contributed by atoms with Crippen LogP contribution in [0.3, 0.4) is 0 Å². The molecule has 22 heavy (non-hydrogen) atoms. The number of rotatable bonds is 4. The van der Waals surface area contributed by atoms with Gasteiger partial charge in [0.25, 0.3) is 0 Å². The van der Waals surface area contributed by atoms with Gasteiger partial charge in [-0.15, -0.1) is 0 Å². The first kappa shape index (κ1) is 19.0. The molecule has 0 aromatic heterocycles. The number of esters is 1. The molecule has 128 valence electrons. The van der Waals surface area contributed by atoms with Crippen LogP contribution in [0.2, 0.25) is 0 Å². The van der Waals surface area contributed by atoms with E-state index in [9.17, 15) is 9.59 Å². The van der Waals surface area contributed by atoms with Gasteiger partial charge in [0.1, 0.15) is 5.60 Å². The summed E-state index contributed by atoms with van der Waals surface area (Å²) in [6.45, 7) is 9.20. The van der Waals surface area contributed by atoms with Gasteiger partial charge < -0.3 is 19.3 Å². The van der Waals surface area contributed by atoms with Crippen LogP contribution >= 0.6 is 11.6 Å². The Bertz CT molecular complexity index is 397. The molecule has 0 aliphatic carbocycles. The third-order valence-electron chi connectivity index (χ3n) is 3.73. The second-order valence-electron chi connectivity index (χ2n) is 6.62. The quantitative estimate of drug-likeness (QED) is 0.583. The fraction of sp³-hybridized carbons (Fsp3) is 0.867. The zero-order chi connectivity index (χ0) is 16.9. The van der Waals surface area contributed by atoms with E-state index >= 15 is 0 Å². The summed E-state index contributed by atoms with van der Waals surface area (Å²) in [5.74, 6) is -0.739. The Balaban J connectivity index is 2.83. The van der Waals surface area contributed by atoms with Gasteiger partial charge >= 0.3 is 12.1 Å². The van der Waals surface area contributed by atoms with Crippen molar-refractivity contribution in [1.29, 1.82) is 0 Å². The number of piperidine rings is 1. The molecular formula is C15H27ClN2O4. The van der Waals surface area contributed by atoms with Crippen molar-refractivity contribution in [2.75, 3.05) is 32.7 Å². The van der Waals surface area contributed by atoms with Crippen molar-refractivity contribution in [1.82, 2.24) is 9.80 Å². The number of halogens is 1. The van der Waals surface area contributed by atoms with Gasteiger partial charge in [-0.25, -0.2) is 4.79 Å². The van der Waals surface area contributed by atoms with Gasteiger partial charge in [0.2, 0.25) is 0 Å². The van der Waals surface area contributed by atoms with Crippen LogP contribution in [0.4, 0.5) is 4.79 Å². The number of likely N-dealkylation sites (tertiary alicyclic amines) is 1. The van der Waals surface area contributed by atoms with Crippen LogP contribution < -0.4 is 0 Å². The van der Waals surface area contributed by atoms with Crippen LogP contribution in [0.25, 0.3) is 0 Å². The highest BCUT2D eigenvalue weighted by atomic mass is 35.5. The molecule has 1 fully saturated rings. The van der Waals surface area contributed by atoms with Gasteiger partial charge in [0.05, 0.1) is 5.92 Å². The van der Waals surface area contributed by atoms with Crippen molar-refractivity contribution < 1.29 is 19.1 Å². The summed E-state index contributed by atoms with van der Waals surface area (Å²) in [5, 5.41) is 0. The molecule has 0 spiro atoms. The van der Waals surface area contributed by atoms with E-state index in [2.05, 4.69) is 4.90 Å². The first-order valence-electron chi connectivity index (χ1n) is 7.58. The van der Waals surface area contributed by atoms with Gasteiger partial charge in [0.15, 0.2) is 6.07 Å². The van der Waals surface area contributed by atoms with E-state index in [4.69, 9.17) is 21.1 Å². The molecule has 0 saturated carbocycles. The molecule has 7 heteroatoms. The zero-order valence-corrected chi connectivity index (χ0v) is 14.9. The maximum absolute atomic E-state index is 12.3. The minimum atomic E-state index is -0.563. The molecule has 2 unspecified atom stereocenters. The third kappa shape index (κ3) is 5.65. The molecule has 1 rings (SSSR count). The SMILES string of the molecule is CCN(C)C1CC(C(=O)OCCl)CN(C(=O)OC(C)(C)C)C1. The lowest BCUT2D eigenvalue weighted by Crippen LogP contribution is -2.54. The minimum Gasteiger partial charge on any atom is -0.449 e. The number of hydrogen-bond acceptors (Lipinski definition) is 5. The number of alkyl halides is 1. The standard InChI is InChI=1S/C15H27ClN2O4/c1-6-17(5)12-7-11(13(19)21-10-16)8-18(9-12)14(20)22-15(2,3)4/h11-12H,6-10H2,1-5H3. The van der Waals surface area contributed by atoms with Gasteiger partial charge in [0, 0.05) is 19.1 Å². The Morgan fingerprint density at radius 2 is 1.95 bits per heavy atom. The Kier molecular flexibility index (Phi) is 6.94. The lowest BCUT2D eigenvalue weighted by atomic mass is 9.93. The zero-order valence-electron chi connectivity index (χ0n) is 14.1. The largest absolute Gasteiger partial charge is 0.449 e. The molecule has 2 atom stereocenters. The Morgan fingerprint density at radius 1 is 1.32 bits per heavy atom. The first-order chi connectivity index (χ1) is 10.2. The van der Waals surface area contributed by atoms with Crippen molar-refractivity contribution in [2.24, 2.45) is 5.92 Å². The molecule has 1 saturated heterocycles. The van der Waals surface area contributed by atoms with Crippen molar-refractivity contribution in [3.63, 3.8) is 0 Å². The number of ether oxygens (including phenoxy) is 2. The minimum absolute atomic E-state index is 0.0964. The van der Waals surface area contributed by atoms with E-state index in [-0.39, 0.29) is 24.0 Å². The van der Waals surface area contributed by atoms with Crippen molar-refractivity contribution in [3.05, 3.63) is 0 Å². The highest BCUT2D eigenvalue weighted by Gasteiger charge is 2.37. The highest BCUT2D eigenvalue weighted by molar-refractivity contribution is 6.17. The Labute approximate surface area is 137 Å². The van der Waals surface area contributed by atoms with E-state index in [0.29, 0.717) is 19.5 Å². The van der Waals surface area contributed by atoms with Gasteiger partial charge in [-0.3, -0.25) is 4.79 Å². The smallest absolute Gasteiger partial charge is 0.410 e. The molecule has 1 aliphatic rings. The molecule has 0 aromatic carbocycles. The molecule has 6 nitrogen and oxygen atoms in total. The normalized spacial score (nSPS) is 22.6. The predicted octanol–water partition coefficient (Wildman–Crippen LogP) is 2.30. The van der Waals surface area contributed by atoms with Gasteiger partial charge in [-0.2, -0.15) is 0 Å². The van der Waals surface area contributed by atoms with E-state index in [0.717, 1.165) is 6.54 Å². The van der Waals surface area contributed by atoms with E-state index in [1.54, 1.807) is 4.90 Å². The highest BCUT2D eigenvalue weighted by Crippen LogP contribution is 2.23. The average Bonchev–Trinajstić information content (AvgIpc) is 2.44. The van der Waals surface area contributed by atoms with E-state index in [1.165, 1.54) is 0 Å². The molecule has 0 radical (unpaired) electrons. The summed E-state index contributed by atoms with van der Waals surface area (Å²) in [6.07, 6.45) is 0.254. The number of amides is 1. The number of carbonyl (C=O) groups excluding carboxylic acids is 2. The number of likely N-dealkylation sites (N-methyl/N-ethyl adjacent to an activating group) is 1. The van der Waals surface area contributed by atoms with Crippen LogP contribution in [0, 0.1) is 5.92 Å². The fourth-order valence-corrected chi connectivity index (χ4v) is 2.58. The topological polar surface area (TPSA) is 59.1 Å². The van der Waals surface area contributed by atoms with Crippen LogP contribution in [0.1, 0.15) is 34.1 Å². The summed E-state index contributed by atoms with van der Waals surface area (Å²) in [7, 11) is 1.98. The van der Waals surface area contributed by atoms with E-state index in [1.807, 2.05) is 34.7 Å². The Hall–Kier alpha value is -1.01. The van der Waals surface area contributed by atoms with Crippen molar-refractivity contribution in [2.45, 2.75) is 45.8 Å². The summed E-state index contributed by atoms with van der Waals surface area (Å²) in [6, 6.07) is -0.0742. The number of hydrogen-bond donors (Lipinski definition) is 0. The van der Waals surface area contributed by atoms with Crippen molar-refractivity contribution >= 4 is 23.7 Å². The van der Waals surface area contributed by atoms with Crippen LogP contribution in [0.5, 0.6) is 0 Å². The molecule has 0 N–H and O–H groups in total. The third-order valence-corrected chi connectivity index (χ3v) is 3.84. The lowest BCUT2D eigenvalue weighted by Gasteiger charge is -2.40. The lowest BCUT2D eigenvalue weighted by molar-refractivity contribution is -0.149. The second-order valence-corrected chi connectivity index (χ2v) is 6.84.